The van der Waals surface area contributed by atoms with E-state index >= 15 is 0 Å². The number of ether oxygens (including phenoxy) is 2. The second-order valence-corrected chi connectivity index (χ2v) is 3.37. The van der Waals surface area contributed by atoms with Gasteiger partial charge in [-0.15, -0.1) is 12.4 Å². The van der Waals surface area contributed by atoms with Crippen molar-refractivity contribution in [2.75, 3.05) is 13.1 Å². The average molecular weight is 270 g/mol. The lowest BCUT2D eigenvalue weighted by Gasteiger charge is -2.28. The molecule has 1 N–H and O–H groups in total. The van der Waals surface area contributed by atoms with Crippen molar-refractivity contribution >= 4 is 12.4 Å². The Morgan fingerprint density at radius 1 is 1.24 bits per heavy atom. The zero-order valence-corrected chi connectivity index (χ0v) is 9.48. The molecule has 0 amide bonds. The third kappa shape index (κ3) is 3.67. The summed E-state index contributed by atoms with van der Waals surface area (Å²) in [7, 11) is 0. The van der Waals surface area contributed by atoms with Crippen molar-refractivity contribution < 1.29 is 22.6 Å². The minimum atomic E-state index is -2.95. The van der Waals surface area contributed by atoms with Crippen LogP contribution in [0.5, 0.6) is 11.5 Å². The molecule has 0 spiro atoms. The third-order valence-corrected chi connectivity index (χ3v) is 2.16. The Morgan fingerprint density at radius 3 is 2.47 bits per heavy atom. The number of halogens is 4. The van der Waals surface area contributed by atoms with Crippen LogP contribution in [0.2, 0.25) is 0 Å². The van der Waals surface area contributed by atoms with Gasteiger partial charge in [-0.05, 0) is 12.1 Å². The predicted molar refractivity (Wildman–Crippen MR) is 57.6 cm³/mol. The van der Waals surface area contributed by atoms with Crippen molar-refractivity contribution in [2.45, 2.75) is 12.7 Å². The molecule has 3 nitrogen and oxygen atoms in total. The fourth-order valence-electron chi connectivity index (χ4n) is 1.29. The first kappa shape index (κ1) is 13.9. The summed E-state index contributed by atoms with van der Waals surface area (Å²) in [5.74, 6) is -0.695. The largest absolute Gasteiger partial charge is 0.484 e. The Labute approximate surface area is 102 Å². The van der Waals surface area contributed by atoms with Gasteiger partial charge in [0.15, 0.2) is 11.5 Å². The normalized spacial score (nSPS) is 15.1. The van der Waals surface area contributed by atoms with Gasteiger partial charge in [0, 0.05) is 19.2 Å². The molecule has 0 aliphatic carbocycles. The van der Waals surface area contributed by atoms with Gasteiger partial charge in [-0.2, -0.15) is 8.78 Å². The molecule has 0 aromatic heterocycles. The van der Waals surface area contributed by atoms with Crippen molar-refractivity contribution in [1.82, 2.24) is 5.32 Å². The van der Waals surface area contributed by atoms with E-state index in [9.17, 15) is 13.2 Å². The second-order valence-electron chi connectivity index (χ2n) is 3.37. The van der Waals surface area contributed by atoms with Gasteiger partial charge in [0.1, 0.15) is 11.9 Å². The summed E-state index contributed by atoms with van der Waals surface area (Å²) < 4.78 is 46.5. The van der Waals surface area contributed by atoms with E-state index in [2.05, 4.69) is 10.1 Å². The minimum Gasteiger partial charge on any atom is -0.484 e. The highest BCUT2D eigenvalue weighted by atomic mass is 35.5. The maximum Gasteiger partial charge on any atom is 0.387 e. The number of rotatable bonds is 4. The van der Waals surface area contributed by atoms with Gasteiger partial charge >= 0.3 is 6.61 Å². The highest BCUT2D eigenvalue weighted by Gasteiger charge is 2.21. The van der Waals surface area contributed by atoms with Crippen molar-refractivity contribution in [2.24, 2.45) is 0 Å². The molecule has 0 bridgehead atoms. The van der Waals surface area contributed by atoms with Gasteiger partial charge in [-0.1, -0.05) is 0 Å². The Morgan fingerprint density at radius 2 is 1.94 bits per heavy atom. The van der Waals surface area contributed by atoms with Crippen molar-refractivity contribution in [3.8, 4) is 11.5 Å². The molecule has 0 unspecified atom stereocenters. The molecule has 1 aliphatic rings. The van der Waals surface area contributed by atoms with E-state index < -0.39 is 12.4 Å². The molecular weight excluding hydrogens is 259 g/mol. The van der Waals surface area contributed by atoms with Crippen LogP contribution in [0, 0.1) is 5.82 Å². The first-order chi connectivity index (χ1) is 7.65. The highest BCUT2D eigenvalue weighted by Crippen LogP contribution is 2.30. The number of hydrogen-bond donors (Lipinski definition) is 1. The molecule has 0 atom stereocenters. The fraction of sp³-hybridized carbons (Fsp3) is 0.400. The number of alkyl halides is 2. The van der Waals surface area contributed by atoms with E-state index in [0.29, 0.717) is 13.1 Å². The summed E-state index contributed by atoms with van der Waals surface area (Å²) in [6, 6.07) is 3.21. The summed E-state index contributed by atoms with van der Waals surface area (Å²) in [6.07, 6.45) is -0.123. The van der Waals surface area contributed by atoms with E-state index in [1.165, 1.54) is 0 Å². The summed E-state index contributed by atoms with van der Waals surface area (Å²) >= 11 is 0. The SMILES string of the molecule is Cl.Fc1ccc(OC(F)F)c(OC2CNC2)c1. The summed E-state index contributed by atoms with van der Waals surface area (Å²) in [5.41, 5.74) is 0. The molecule has 1 fully saturated rings. The number of nitrogens with one attached hydrogen (secondary N) is 1. The molecule has 0 radical (unpaired) electrons. The first-order valence-corrected chi connectivity index (χ1v) is 4.77. The van der Waals surface area contributed by atoms with Crippen LogP contribution in [0.3, 0.4) is 0 Å². The zero-order chi connectivity index (χ0) is 11.5. The Hall–Kier alpha value is -1.14. The van der Waals surface area contributed by atoms with Crippen LogP contribution in [-0.4, -0.2) is 25.8 Å². The quantitative estimate of drug-likeness (QED) is 0.909. The molecule has 17 heavy (non-hydrogen) atoms. The van der Waals surface area contributed by atoms with Crippen LogP contribution in [0.4, 0.5) is 13.2 Å². The Kier molecular flexibility index (Phi) is 4.89. The molecule has 1 heterocycles. The van der Waals surface area contributed by atoms with Gasteiger partial charge in [-0.25, -0.2) is 4.39 Å². The smallest absolute Gasteiger partial charge is 0.387 e. The maximum atomic E-state index is 12.9. The topological polar surface area (TPSA) is 30.5 Å². The fourth-order valence-corrected chi connectivity index (χ4v) is 1.29. The molecule has 1 saturated heterocycles. The molecule has 7 heteroatoms. The lowest BCUT2D eigenvalue weighted by molar-refractivity contribution is -0.0524. The molecule has 2 rings (SSSR count). The number of hydrogen-bond acceptors (Lipinski definition) is 3. The Bertz CT molecular complexity index is 375. The predicted octanol–water partition coefficient (Wildman–Crippen LogP) is 2.20. The first-order valence-electron chi connectivity index (χ1n) is 4.77. The lowest BCUT2D eigenvalue weighted by atomic mass is 10.2. The lowest BCUT2D eigenvalue weighted by Crippen LogP contribution is -2.50. The van der Waals surface area contributed by atoms with E-state index in [0.717, 1.165) is 18.2 Å². The van der Waals surface area contributed by atoms with E-state index in [4.69, 9.17) is 4.74 Å². The van der Waals surface area contributed by atoms with Crippen LogP contribution in [-0.2, 0) is 0 Å². The standard InChI is InChI=1S/C10H10F3NO2.ClH/c11-6-1-2-8(16-10(12)13)9(3-6)15-7-4-14-5-7;/h1-3,7,10,14H,4-5H2;1H. The van der Waals surface area contributed by atoms with E-state index in [1.54, 1.807) is 0 Å². The van der Waals surface area contributed by atoms with Crippen molar-refractivity contribution in [3.63, 3.8) is 0 Å². The van der Waals surface area contributed by atoms with Gasteiger partial charge in [0.25, 0.3) is 0 Å². The number of benzene rings is 1. The third-order valence-electron chi connectivity index (χ3n) is 2.16. The van der Waals surface area contributed by atoms with Gasteiger partial charge in [-0.3, -0.25) is 0 Å². The molecule has 1 aromatic rings. The van der Waals surface area contributed by atoms with Gasteiger partial charge < -0.3 is 14.8 Å². The van der Waals surface area contributed by atoms with Gasteiger partial charge in [0.05, 0.1) is 0 Å². The van der Waals surface area contributed by atoms with Crippen molar-refractivity contribution in [3.05, 3.63) is 24.0 Å². The van der Waals surface area contributed by atoms with E-state index in [-0.39, 0.29) is 30.0 Å². The second kappa shape index (κ2) is 5.97. The zero-order valence-electron chi connectivity index (χ0n) is 8.66. The molecule has 96 valence electrons. The van der Waals surface area contributed by atoms with E-state index in [1.807, 2.05) is 0 Å². The Balaban J connectivity index is 0.00000144. The molecular formula is C10H11ClF3NO2. The van der Waals surface area contributed by atoms with Crippen LogP contribution in [0.25, 0.3) is 0 Å². The van der Waals surface area contributed by atoms with Crippen LogP contribution < -0.4 is 14.8 Å². The summed E-state index contributed by atoms with van der Waals surface area (Å²) in [4.78, 5) is 0. The summed E-state index contributed by atoms with van der Waals surface area (Å²) in [6.45, 7) is -1.72. The van der Waals surface area contributed by atoms with Crippen LogP contribution in [0.15, 0.2) is 18.2 Å². The maximum absolute atomic E-state index is 12.9. The molecule has 1 aromatic carbocycles. The monoisotopic (exact) mass is 269 g/mol. The highest BCUT2D eigenvalue weighted by molar-refractivity contribution is 5.85. The van der Waals surface area contributed by atoms with Gasteiger partial charge in [0.2, 0.25) is 0 Å². The summed E-state index contributed by atoms with van der Waals surface area (Å²) in [5, 5.41) is 2.95. The van der Waals surface area contributed by atoms with Crippen LogP contribution in [0.1, 0.15) is 0 Å². The molecule has 1 aliphatic heterocycles. The van der Waals surface area contributed by atoms with Crippen molar-refractivity contribution in [1.29, 1.82) is 0 Å². The van der Waals surface area contributed by atoms with Crippen LogP contribution >= 0.6 is 12.4 Å². The average Bonchev–Trinajstić information content (AvgIpc) is 2.15. The molecule has 0 saturated carbocycles. The minimum absolute atomic E-state index is 0.